The van der Waals surface area contributed by atoms with Crippen LogP contribution in [0, 0.1) is 6.92 Å². The van der Waals surface area contributed by atoms with Gasteiger partial charge in [0.1, 0.15) is 5.65 Å². The van der Waals surface area contributed by atoms with Crippen molar-refractivity contribution in [2.24, 2.45) is 10.7 Å². The normalized spacial score (nSPS) is 17.3. The Morgan fingerprint density at radius 3 is 2.95 bits per heavy atom. The molecule has 1 aliphatic carbocycles. The van der Waals surface area contributed by atoms with E-state index in [-0.39, 0.29) is 0 Å². The summed E-state index contributed by atoms with van der Waals surface area (Å²) in [7, 11) is 0. The number of nitrogens with one attached hydrogen (secondary N) is 1. The molecule has 1 aliphatic rings. The third-order valence-electron chi connectivity index (χ3n) is 4.02. The molecule has 0 amide bonds. The molecule has 2 heterocycles. The molecule has 3 rings (SSSR count). The Bertz CT molecular complexity index is 637. The Labute approximate surface area is 125 Å². The summed E-state index contributed by atoms with van der Waals surface area (Å²) in [6.45, 7) is 2.59. The minimum atomic E-state index is 0.492. The van der Waals surface area contributed by atoms with E-state index in [9.17, 15) is 0 Å². The molecule has 0 radical (unpaired) electrons. The van der Waals surface area contributed by atoms with Crippen LogP contribution in [-0.4, -0.2) is 21.4 Å². The lowest BCUT2D eigenvalue weighted by Crippen LogP contribution is -2.41. The van der Waals surface area contributed by atoms with Gasteiger partial charge in [-0.25, -0.2) is 9.98 Å². The van der Waals surface area contributed by atoms with Crippen LogP contribution >= 0.6 is 0 Å². The average molecular weight is 285 g/mol. The van der Waals surface area contributed by atoms with Crippen molar-refractivity contribution < 1.29 is 0 Å². The summed E-state index contributed by atoms with van der Waals surface area (Å²) in [5.74, 6) is 0.537. The molecule has 0 atom stereocenters. The number of guanidine groups is 1. The number of fused-ring (bicyclic) bond motifs is 1. The van der Waals surface area contributed by atoms with E-state index in [1.54, 1.807) is 0 Å². The van der Waals surface area contributed by atoms with Gasteiger partial charge in [-0.15, -0.1) is 0 Å². The number of aliphatic imine (C=N–C) groups is 1. The van der Waals surface area contributed by atoms with Gasteiger partial charge in [0.25, 0.3) is 0 Å². The molecule has 3 N–H and O–H groups in total. The largest absolute Gasteiger partial charge is 0.370 e. The molecule has 2 aromatic rings. The Balaban J connectivity index is 1.62. The summed E-state index contributed by atoms with van der Waals surface area (Å²) >= 11 is 0. The van der Waals surface area contributed by atoms with Crippen LogP contribution in [0.3, 0.4) is 0 Å². The van der Waals surface area contributed by atoms with E-state index in [1.165, 1.54) is 37.7 Å². The number of pyridine rings is 1. The van der Waals surface area contributed by atoms with Crippen molar-refractivity contribution in [3.63, 3.8) is 0 Å². The number of nitrogens with two attached hydrogens (primary N) is 1. The molecule has 0 spiro atoms. The lowest BCUT2D eigenvalue weighted by Gasteiger charge is -2.23. The molecule has 1 fully saturated rings. The smallest absolute Gasteiger partial charge is 0.189 e. The maximum atomic E-state index is 5.98. The summed E-state index contributed by atoms with van der Waals surface area (Å²) in [6, 6.07) is 4.58. The predicted molar refractivity (Wildman–Crippen MR) is 85.3 cm³/mol. The van der Waals surface area contributed by atoms with Crippen molar-refractivity contribution in [1.82, 2.24) is 14.7 Å². The molecule has 2 aromatic heterocycles. The highest BCUT2D eigenvalue weighted by atomic mass is 15.1. The number of hydrogen-bond donors (Lipinski definition) is 2. The molecule has 0 saturated heterocycles. The Kier molecular flexibility index (Phi) is 4.08. The van der Waals surface area contributed by atoms with Gasteiger partial charge in [0, 0.05) is 18.4 Å². The van der Waals surface area contributed by atoms with Crippen LogP contribution < -0.4 is 11.1 Å². The molecule has 112 valence electrons. The average Bonchev–Trinajstić information content (AvgIpc) is 2.88. The van der Waals surface area contributed by atoms with E-state index in [4.69, 9.17) is 5.73 Å². The maximum Gasteiger partial charge on any atom is 0.189 e. The number of nitrogens with zero attached hydrogens (tertiary/aromatic N) is 3. The van der Waals surface area contributed by atoms with Crippen molar-refractivity contribution in [3.05, 3.63) is 35.8 Å². The summed E-state index contributed by atoms with van der Waals surface area (Å²) in [4.78, 5) is 8.96. The second kappa shape index (κ2) is 6.16. The summed E-state index contributed by atoms with van der Waals surface area (Å²) in [5.41, 5.74) is 9.08. The lowest BCUT2D eigenvalue weighted by atomic mass is 9.96. The molecular weight excluding hydrogens is 262 g/mol. The molecule has 0 unspecified atom stereocenters. The maximum absolute atomic E-state index is 5.98. The van der Waals surface area contributed by atoms with Gasteiger partial charge in [-0.05, 0) is 31.4 Å². The lowest BCUT2D eigenvalue weighted by molar-refractivity contribution is 0.412. The molecule has 5 heteroatoms. The first-order valence-corrected chi connectivity index (χ1v) is 7.71. The number of hydrogen-bond acceptors (Lipinski definition) is 2. The molecule has 5 nitrogen and oxygen atoms in total. The quantitative estimate of drug-likeness (QED) is 0.672. The molecule has 0 aliphatic heterocycles. The van der Waals surface area contributed by atoms with Gasteiger partial charge in [0.15, 0.2) is 5.96 Å². The van der Waals surface area contributed by atoms with E-state index in [2.05, 4.69) is 34.5 Å². The van der Waals surface area contributed by atoms with Crippen molar-refractivity contribution in [1.29, 1.82) is 0 Å². The first-order chi connectivity index (χ1) is 10.2. The number of imidazole rings is 1. The molecule has 21 heavy (non-hydrogen) atoms. The van der Waals surface area contributed by atoms with E-state index < -0.39 is 0 Å². The fourth-order valence-electron chi connectivity index (χ4n) is 2.90. The standard InChI is InChI=1S/C16H23N5/c1-12-7-8-15-19-14(11-21(15)10-12)9-18-16(17)20-13-5-3-2-4-6-13/h7-8,10-11,13H,2-6,9H2,1H3,(H3,17,18,20). The Morgan fingerprint density at radius 1 is 1.33 bits per heavy atom. The van der Waals surface area contributed by atoms with E-state index in [1.807, 2.05) is 16.7 Å². The highest BCUT2D eigenvalue weighted by molar-refractivity contribution is 5.78. The monoisotopic (exact) mass is 285 g/mol. The van der Waals surface area contributed by atoms with Crippen LogP contribution in [-0.2, 0) is 6.54 Å². The van der Waals surface area contributed by atoms with Crippen molar-refractivity contribution in [2.75, 3.05) is 0 Å². The summed E-state index contributed by atoms with van der Waals surface area (Å²) < 4.78 is 2.03. The third-order valence-corrected chi connectivity index (χ3v) is 4.02. The summed E-state index contributed by atoms with van der Waals surface area (Å²) in [6.07, 6.45) is 10.4. The highest BCUT2D eigenvalue weighted by Gasteiger charge is 2.13. The van der Waals surface area contributed by atoms with Crippen LogP contribution in [0.4, 0.5) is 0 Å². The fourth-order valence-corrected chi connectivity index (χ4v) is 2.90. The van der Waals surface area contributed by atoms with Crippen molar-refractivity contribution >= 4 is 11.6 Å². The predicted octanol–water partition coefficient (Wildman–Crippen LogP) is 2.38. The van der Waals surface area contributed by atoms with Crippen molar-refractivity contribution in [2.45, 2.75) is 51.6 Å². The topological polar surface area (TPSA) is 67.7 Å². The number of aromatic nitrogens is 2. The van der Waals surface area contributed by atoms with E-state index in [0.29, 0.717) is 18.5 Å². The molecule has 1 saturated carbocycles. The van der Waals surface area contributed by atoms with Gasteiger partial charge >= 0.3 is 0 Å². The van der Waals surface area contributed by atoms with Crippen LogP contribution in [0.25, 0.3) is 5.65 Å². The Hall–Kier alpha value is -2.04. The highest BCUT2D eigenvalue weighted by Crippen LogP contribution is 2.17. The molecule has 0 bridgehead atoms. The second-order valence-electron chi connectivity index (χ2n) is 5.88. The van der Waals surface area contributed by atoms with E-state index >= 15 is 0 Å². The number of aryl methyl sites for hydroxylation is 1. The zero-order valence-electron chi connectivity index (χ0n) is 12.5. The van der Waals surface area contributed by atoms with Gasteiger partial charge in [-0.3, -0.25) is 0 Å². The SMILES string of the molecule is Cc1ccc2nc(CN=C(N)NC3CCCCC3)cn2c1. The van der Waals surface area contributed by atoms with Gasteiger partial charge in [-0.2, -0.15) is 0 Å². The fraction of sp³-hybridized carbons (Fsp3) is 0.500. The van der Waals surface area contributed by atoms with Crippen LogP contribution in [0.2, 0.25) is 0 Å². The molecular formula is C16H23N5. The summed E-state index contributed by atoms with van der Waals surface area (Å²) in [5, 5.41) is 3.33. The van der Waals surface area contributed by atoms with Crippen LogP contribution in [0.5, 0.6) is 0 Å². The van der Waals surface area contributed by atoms with Crippen molar-refractivity contribution in [3.8, 4) is 0 Å². The first-order valence-electron chi connectivity index (χ1n) is 7.71. The van der Waals surface area contributed by atoms with Gasteiger partial charge < -0.3 is 15.5 Å². The van der Waals surface area contributed by atoms with Gasteiger partial charge in [-0.1, -0.05) is 25.3 Å². The second-order valence-corrected chi connectivity index (χ2v) is 5.88. The van der Waals surface area contributed by atoms with E-state index in [0.717, 1.165) is 11.3 Å². The zero-order chi connectivity index (χ0) is 14.7. The zero-order valence-corrected chi connectivity index (χ0v) is 12.5. The van der Waals surface area contributed by atoms with Crippen LogP contribution in [0.1, 0.15) is 43.4 Å². The molecule has 0 aromatic carbocycles. The minimum absolute atomic E-state index is 0.492. The third kappa shape index (κ3) is 3.54. The van der Waals surface area contributed by atoms with Crippen LogP contribution in [0.15, 0.2) is 29.5 Å². The van der Waals surface area contributed by atoms with Gasteiger partial charge in [0.05, 0.1) is 12.2 Å². The van der Waals surface area contributed by atoms with Gasteiger partial charge in [0.2, 0.25) is 0 Å². The Morgan fingerprint density at radius 2 is 2.14 bits per heavy atom. The number of rotatable bonds is 3. The first kappa shape index (κ1) is 13.9. The minimum Gasteiger partial charge on any atom is -0.370 e.